The van der Waals surface area contributed by atoms with E-state index in [9.17, 15) is 8.42 Å². The van der Waals surface area contributed by atoms with Crippen LogP contribution in [0.3, 0.4) is 0 Å². The first-order valence-electron chi connectivity index (χ1n) is 6.69. The Balaban J connectivity index is 2.89. The van der Waals surface area contributed by atoms with Crippen molar-refractivity contribution < 1.29 is 13.2 Å². The van der Waals surface area contributed by atoms with Gasteiger partial charge in [0.1, 0.15) is 5.82 Å². The van der Waals surface area contributed by atoms with Crippen LogP contribution >= 0.6 is 0 Å². The van der Waals surface area contributed by atoms with E-state index in [-0.39, 0.29) is 17.7 Å². The van der Waals surface area contributed by atoms with Crippen molar-refractivity contribution in [1.29, 1.82) is 0 Å². The summed E-state index contributed by atoms with van der Waals surface area (Å²) >= 11 is 0. The van der Waals surface area contributed by atoms with Gasteiger partial charge in [0.05, 0.1) is 6.61 Å². The number of nitrogens with two attached hydrogens (primary N) is 1. The lowest BCUT2D eigenvalue weighted by molar-refractivity contribution is 0.172. The van der Waals surface area contributed by atoms with E-state index in [1.807, 2.05) is 11.5 Å². The van der Waals surface area contributed by atoms with E-state index >= 15 is 0 Å². The van der Waals surface area contributed by atoms with Crippen molar-refractivity contribution in [2.45, 2.75) is 44.3 Å². The highest BCUT2D eigenvalue weighted by atomic mass is 32.2. The minimum absolute atomic E-state index is 0.0431. The average Bonchev–Trinajstić information content (AvgIpc) is 2.73. The Morgan fingerprint density at radius 2 is 2.25 bits per heavy atom. The van der Waals surface area contributed by atoms with E-state index < -0.39 is 10.0 Å². The van der Waals surface area contributed by atoms with E-state index in [0.29, 0.717) is 18.8 Å². The third-order valence-corrected chi connectivity index (χ3v) is 4.29. The second-order valence-electron chi connectivity index (χ2n) is 4.67. The number of nitrogens with zero attached hydrogens (tertiary/aromatic N) is 2. The number of rotatable bonds is 9. The molecule has 3 N–H and O–H groups in total. The molecule has 7 nitrogen and oxygen atoms in total. The fraction of sp³-hybridized carbons (Fsp3) is 0.750. The number of ether oxygens (including phenoxy) is 1. The molecule has 20 heavy (non-hydrogen) atoms. The summed E-state index contributed by atoms with van der Waals surface area (Å²) in [5.74, 6) is 0.689. The second-order valence-corrected chi connectivity index (χ2v) is 6.33. The zero-order chi connectivity index (χ0) is 15.2. The van der Waals surface area contributed by atoms with E-state index in [4.69, 9.17) is 10.5 Å². The van der Waals surface area contributed by atoms with Gasteiger partial charge >= 0.3 is 0 Å². The maximum Gasteiger partial charge on any atom is 0.259 e. The summed E-state index contributed by atoms with van der Waals surface area (Å²) in [5, 5.41) is 0.0431. The van der Waals surface area contributed by atoms with Crippen LogP contribution in [-0.2, 0) is 21.3 Å². The smallest absolute Gasteiger partial charge is 0.259 e. The minimum atomic E-state index is -3.64. The summed E-state index contributed by atoms with van der Waals surface area (Å²) < 4.78 is 34.0. The predicted octanol–water partition coefficient (Wildman–Crippen LogP) is 0.244. The molecule has 116 valence electrons. The van der Waals surface area contributed by atoms with Gasteiger partial charge in [-0.1, -0.05) is 6.92 Å². The maximum atomic E-state index is 12.3. The van der Waals surface area contributed by atoms with Gasteiger partial charge in [0.25, 0.3) is 10.0 Å². The highest BCUT2D eigenvalue weighted by Crippen LogP contribution is 2.11. The Morgan fingerprint density at radius 3 is 2.80 bits per heavy atom. The SMILES string of the molecule is CCCn1cc(S(=O)(=O)NC(CCN)COC)nc1C. The van der Waals surface area contributed by atoms with Crippen molar-refractivity contribution in [3.63, 3.8) is 0 Å². The summed E-state index contributed by atoms with van der Waals surface area (Å²) in [7, 11) is -2.12. The molecule has 8 heteroatoms. The summed E-state index contributed by atoms with van der Waals surface area (Å²) in [6, 6.07) is -0.341. The number of sulfonamides is 1. The molecule has 1 atom stereocenters. The third-order valence-electron chi connectivity index (χ3n) is 2.90. The molecule has 1 aromatic rings. The van der Waals surface area contributed by atoms with Crippen LogP contribution in [0.2, 0.25) is 0 Å². The summed E-state index contributed by atoms with van der Waals surface area (Å²) in [6.45, 7) is 5.24. The van der Waals surface area contributed by atoms with Crippen molar-refractivity contribution in [3.8, 4) is 0 Å². The van der Waals surface area contributed by atoms with E-state index in [2.05, 4.69) is 9.71 Å². The molecule has 1 aromatic heterocycles. The zero-order valence-electron chi connectivity index (χ0n) is 12.3. The molecule has 0 amide bonds. The Bertz CT molecular complexity index is 507. The third kappa shape index (κ3) is 4.55. The molecule has 0 aliphatic rings. The molecule has 0 saturated heterocycles. The number of hydrogen-bond acceptors (Lipinski definition) is 5. The first-order valence-corrected chi connectivity index (χ1v) is 8.18. The lowest BCUT2D eigenvalue weighted by atomic mass is 10.2. The van der Waals surface area contributed by atoms with Gasteiger partial charge in [0, 0.05) is 25.9 Å². The largest absolute Gasteiger partial charge is 0.383 e. The van der Waals surface area contributed by atoms with Crippen molar-refractivity contribution >= 4 is 10.0 Å². The quantitative estimate of drug-likeness (QED) is 0.681. The molecule has 1 heterocycles. The molecule has 0 bridgehead atoms. The molecule has 1 unspecified atom stereocenters. The van der Waals surface area contributed by atoms with Crippen molar-refractivity contribution in [1.82, 2.24) is 14.3 Å². The van der Waals surface area contributed by atoms with Gasteiger partial charge in [-0.15, -0.1) is 0 Å². The zero-order valence-corrected chi connectivity index (χ0v) is 13.1. The van der Waals surface area contributed by atoms with Gasteiger partial charge in [-0.25, -0.2) is 18.1 Å². The normalized spacial score (nSPS) is 13.6. The molecule has 0 radical (unpaired) electrons. The molecule has 1 rings (SSSR count). The highest BCUT2D eigenvalue weighted by molar-refractivity contribution is 7.89. The van der Waals surface area contributed by atoms with E-state index in [1.165, 1.54) is 7.11 Å². The highest BCUT2D eigenvalue weighted by Gasteiger charge is 2.23. The molecular formula is C12H24N4O3S. The number of aryl methyl sites for hydroxylation is 2. The van der Waals surface area contributed by atoms with Gasteiger partial charge in [0.15, 0.2) is 5.03 Å². The van der Waals surface area contributed by atoms with Crippen LogP contribution in [0.15, 0.2) is 11.2 Å². The monoisotopic (exact) mass is 304 g/mol. The maximum absolute atomic E-state index is 12.3. The van der Waals surface area contributed by atoms with Gasteiger partial charge in [0.2, 0.25) is 0 Å². The molecule has 0 saturated carbocycles. The summed E-state index contributed by atoms with van der Waals surface area (Å²) in [4.78, 5) is 4.11. The second kappa shape index (κ2) is 7.72. The summed E-state index contributed by atoms with van der Waals surface area (Å²) in [6.07, 6.45) is 3.00. The molecular weight excluding hydrogens is 280 g/mol. The van der Waals surface area contributed by atoms with Crippen molar-refractivity contribution in [2.24, 2.45) is 5.73 Å². The standard InChI is InChI=1S/C12H24N4O3S/c1-4-7-16-8-12(14-10(16)2)20(17,18)15-11(5-6-13)9-19-3/h8,11,15H,4-7,9,13H2,1-3H3. The first-order chi connectivity index (χ1) is 9.44. The van der Waals surface area contributed by atoms with Gasteiger partial charge < -0.3 is 15.0 Å². The van der Waals surface area contributed by atoms with E-state index in [1.54, 1.807) is 13.1 Å². The van der Waals surface area contributed by atoms with Gasteiger partial charge in [-0.2, -0.15) is 0 Å². The summed E-state index contributed by atoms with van der Waals surface area (Å²) in [5.41, 5.74) is 5.47. The van der Waals surface area contributed by atoms with Crippen molar-refractivity contribution in [3.05, 3.63) is 12.0 Å². The lowest BCUT2D eigenvalue weighted by Gasteiger charge is -2.16. The number of imidazole rings is 1. The van der Waals surface area contributed by atoms with Crippen LogP contribution in [0.4, 0.5) is 0 Å². The van der Waals surface area contributed by atoms with Crippen LogP contribution in [-0.4, -0.2) is 44.3 Å². The van der Waals surface area contributed by atoms with Crippen molar-refractivity contribution in [2.75, 3.05) is 20.3 Å². The molecule has 0 aliphatic heterocycles. The number of aromatic nitrogens is 2. The topological polar surface area (TPSA) is 99.2 Å². The lowest BCUT2D eigenvalue weighted by Crippen LogP contribution is -2.39. The molecule has 0 aromatic carbocycles. The van der Waals surface area contributed by atoms with Crippen LogP contribution < -0.4 is 10.5 Å². The Labute approximate surface area is 120 Å². The van der Waals surface area contributed by atoms with E-state index in [0.717, 1.165) is 13.0 Å². The predicted molar refractivity (Wildman–Crippen MR) is 76.9 cm³/mol. The first kappa shape index (κ1) is 17.1. The van der Waals surface area contributed by atoms with Crippen LogP contribution in [0, 0.1) is 6.92 Å². The van der Waals surface area contributed by atoms with Gasteiger partial charge in [-0.3, -0.25) is 0 Å². The number of methoxy groups -OCH3 is 1. The van der Waals surface area contributed by atoms with Crippen LogP contribution in [0.25, 0.3) is 0 Å². The average molecular weight is 304 g/mol. The Kier molecular flexibility index (Phi) is 6.60. The Morgan fingerprint density at radius 1 is 1.55 bits per heavy atom. The fourth-order valence-electron chi connectivity index (χ4n) is 1.93. The number of hydrogen-bond donors (Lipinski definition) is 2. The number of nitrogens with one attached hydrogen (secondary N) is 1. The minimum Gasteiger partial charge on any atom is -0.383 e. The molecule has 0 fully saturated rings. The molecule has 0 spiro atoms. The van der Waals surface area contributed by atoms with Crippen LogP contribution in [0.1, 0.15) is 25.6 Å². The van der Waals surface area contributed by atoms with Crippen LogP contribution in [0.5, 0.6) is 0 Å². The fourth-order valence-corrected chi connectivity index (χ4v) is 3.20. The Hall–Kier alpha value is -0.960. The van der Waals surface area contributed by atoms with Gasteiger partial charge in [-0.05, 0) is 26.3 Å². The molecule has 0 aliphatic carbocycles.